The first kappa shape index (κ1) is 18.5. The number of aromatic nitrogens is 2. The van der Waals surface area contributed by atoms with Crippen molar-refractivity contribution >= 4 is 17.3 Å². The van der Waals surface area contributed by atoms with Gasteiger partial charge in [0.25, 0.3) is 5.69 Å². The van der Waals surface area contributed by atoms with Gasteiger partial charge in [-0.2, -0.15) is 10.4 Å². The molecule has 144 valence electrons. The van der Waals surface area contributed by atoms with Crippen molar-refractivity contribution < 1.29 is 9.66 Å². The molecule has 1 aromatic heterocycles. The lowest BCUT2D eigenvalue weighted by atomic mass is 9.83. The minimum absolute atomic E-state index is 0.0458. The summed E-state index contributed by atoms with van der Waals surface area (Å²) < 4.78 is 7.31. The minimum Gasteiger partial charge on any atom is -0.422 e. The molecule has 29 heavy (non-hydrogen) atoms. The topological polar surface area (TPSA) is 120 Å². The summed E-state index contributed by atoms with van der Waals surface area (Å²) in [5.41, 5.74) is 7.84. The van der Waals surface area contributed by atoms with E-state index < -0.39 is 10.8 Å². The number of nitriles is 1. The largest absolute Gasteiger partial charge is 0.422 e. The van der Waals surface area contributed by atoms with Crippen molar-refractivity contribution in [1.82, 2.24) is 9.78 Å². The van der Waals surface area contributed by atoms with Crippen LogP contribution in [0.25, 0.3) is 5.69 Å². The van der Waals surface area contributed by atoms with Crippen molar-refractivity contribution in [2.45, 2.75) is 12.8 Å². The van der Waals surface area contributed by atoms with E-state index in [0.717, 1.165) is 5.69 Å². The van der Waals surface area contributed by atoms with Gasteiger partial charge in [0.2, 0.25) is 11.8 Å². The fourth-order valence-electron chi connectivity index (χ4n) is 3.52. The summed E-state index contributed by atoms with van der Waals surface area (Å²) in [7, 11) is 0. The van der Waals surface area contributed by atoms with Crippen LogP contribution in [-0.4, -0.2) is 14.7 Å². The van der Waals surface area contributed by atoms with Gasteiger partial charge in [0, 0.05) is 6.07 Å². The fourth-order valence-corrected chi connectivity index (χ4v) is 3.80. The van der Waals surface area contributed by atoms with E-state index in [4.69, 9.17) is 22.1 Å². The number of benzene rings is 2. The van der Waals surface area contributed by atoms with Crippen molar-refractivity contribution in [1.29, 1.82) is 5.26 Å². The lowest BCUT2D eigenvalue weighted by Crippen LogP contribution is -2.22. The van der Waals surface area contributed by atoms with E-state index >= 15 is 0 Å². The van der Waals surface area contributed by atoms with Gasteiger partial charge in [-0.1, -0.05) is 35.9 Å². The Balaban J connectivity index is 2.04. The number of halogens is 1. The molecule has 0 unspecified atom stereocenters. The number of nitro benzene ring substituents is 1. The van der Waals surface area contributed by atoms with Crippen molar-refractivity contribution in [3.63, 3.8) is 0 Å². The zero-order valence-corrected chi connectivity index (χ0v) is 15.9. The molecule has 2 aromatic carbocycles. The molecule has 3 aromatic rings. The van der Waals surface area contributed by atoms with E-state index in [0.29, 0.717) is 17.1 Å². The summed E-state index contributed by atoms with van der Waals surface area (Å²) >= 11 is 6.37. The highest BCUT2D eigenvalue weighted by atomic mass is 35.5. The zero-order chi connectivity index (χ0) is 20.7. The van der Waals surface area contributed by atoms with Crippen LogP contribution in [0.5, 0.6) is 5.88 Å². The number of hydrogen-bond donors (Lipinski definition) is 1. The second-order valence-electron chi connectivity index (χ2n) is 6.41. The molecule has 1 aliphatic heterocycles. The third-order valence-electron chi connectivity index (χ3n) is 4.75. The maximum Gasteiger partial charge on any atom is 0.275 e. The molecule has 2 N–H and O–H groups in total. The molecule has 0 bridgehead atoms. The predicted octanol–water partition coefficient (Wildman–Crippen LogP) is 3.96. The number of para-hydroxylation sites is 1. The smallest absolute Gasteiger partial charge is 0.275 e. The monoisotopic (exact) mass is 407 g/mol. The molecule has 9 heteroatoms. The molecule has 8 nitrogen and oxygen atoms in total. The van der Waals surface area contributed by atoms with Gasteiger partial charge in [-0.25, -0.2) is 4.68 Å². The molecular formula is C20H14ClN5O3. The Labute approximate surface area is 170 Å². The van der Waals surface area contributed by atoms with Crippen LogP contribution in [0.1, 0.15) is 22.7 Å². The summed E-state index contributed by atoms with van der Waals surface area (Å²) in [6.07, 6.45) is 0. The second kappa shape index (κ2) is 6.96. The van der Waals surface area contributed by atoms with Gasteiger partial charge >= 0.3 is 0 Å². The SMILES string of the molecule is Cc1nn(-c2ccccc2)c2c1[C@H](c1c(Cl)cccc1[N+](=O)[O-])C(C#N)=C(N)O2. The summed E-state index contributed by atoms with van der Waals surface area (Å²) in [6.45, 7) is 1.74. The molecule has 0 saturated heterocycles. The van der Waals surface area contributed by atoms with Crippen LogP contribution in [0.15, 0.2) is 60.0 Å². The maximum atomic E-state index is 11.7. The van der Waals surface area contributed by atoms with E-state index in [-0.39, 0.29) is 27.7 Å². The summed E-state index contributed by atoms with van der Waals surface area (Å²) in [5.74, 6) is -0.726. The lowest BCUT2D eigenvalue weighted by Gasteiger charge is -2.25. The molecule has 0 saturated carbocycles. The number of ether oxygens (including phenoxy) is 1. The summed E-state index contributed by atoms with van der Waals surface area (Å²) in [4.78, 5) is 11.2. The third-order valence-corrected chi connectivity index (χ3v) is 5.08. The highest BCUT2D eigenvalue weighted by Gasteiger charge is 2.40. The fraction of sp³-hybridized carbons (Fsp3) is 0.100. The Bertz CT molecular complexity index is 1210. The van der Waals surface area contributed by atoms with Gasteiger partial charge < -0.3 is 10.5 Å². The molecule has 0 fully saturated rings. The van der Waals surface area contributed by atoms with E-state index in [9.17, 15) is 15.4 Å². The molecule has 0 radical (unpaired) electrons. The number of fused-ring (bicyclic) bond motifs is 1. The van der Waals surface area contributed by atoms with Crippen LogP contribution in [0.2, 0.25) is 5.02 Å². The molecule has 1 atom stereocenters. The molecule has 1 aliphatic rings. The van der Waals surface area contributed by atoms with Gasteiger partial charge in [0.05, 0.1) is 38.4 Å². The maximum absolute atomic E-state index is 11.7. The average molecular weight is 408 g/mol. The van der Waals surface area contributed by atoms with Gasteiger partial charge in [0.1, 0.15) is 11.6 Å². The van der Waals surface area contributed by atoms with E-state index in [1.54, 1.807) is 17.7 Å². The van der Waals surface area contributed by atoms with Crippen LogP contribution < -0.4 is 10.5 Å². The Morgan fingerprint density at radius 1 is 1.24 bits per heavy atom. The standard InChI is InChI=1S/C20H14ClN5O3/c1-11-16-17(18-14(21)8-5-9-15(18)26(27)28)13(10-22)19(23)29-20(16)25(24-11)12-6-3-2-4-7-12/h2-9,17H,23H2,1H3/t17-/m1/s1. The van der Waals surface area contributed by atoms with E-state index in [1.165, 1.54) is 12.1 Å². The molecular weight excluding hydrogens is 394 g/mol. The van der Waals surface area contributed by atoms with Gasteiger partial charge in [0.15, 0.2) is 0 Å². The zero-order valence-electron chi connectivity index (χ0n) is 15.2. The number of aryl methyl sites for hydroxylation is 1. The van der Waals surface area contributed by atoms with Crippen LogP contribution >= 0.6 is 11.6 Å². The number of nitrogens with zero attached hydrogens (tertiary/aromatic N) is 4. The Kier molecular flexibility index (Phi) is 4.45. The molecule has 0 amide bonds. The highest BCUT2D eigenvalue weighted by Crippen LogP contribution is 2.48. The first-order chi connectivity index (χ1) is 13.9. The van der Waals surface area contributed by atoms with Crippen molar-refractivity contribution in [3.05, 3.63) is 91.9 Å². The van der Waals surface area contributed by atoms with Crippen LogP contribution in [0.3, 0.4) is 0 Å². The number of nitro groups is 1. The third kappa shape index (κ3) is 2.88. The Hall–Kier alpha value is -3.83. The van der Waals surface area contributed by atoms with Crippen LogP contribution in [0.4, 0.5) is 5.69 Å². The first-order valence-corrected chi connectivity index (χ1v) is 8.97. The second-order valence-corrected chi connectivity index (χ2v) is 6.81. The molecule has 0 spiro atoms. The van der Waals surface area contributed by atoms with Crippen molar-refractivity contribution in [2.75, 3.05) is 0 Å². The summed E-state index contributed by atoms with van der Waals surface area (Å²) in [5, 5.41) is 26.1. The number of nitrogens with two attached hydrogens (primary N) is 1. The van der Waals surface area contributed by atoms with E-state index in [1.807, 2.05) is 36.4 Å². The first-order valence-electron chi connectivity index (χ1n) is 8.59. The van der Waals surface area contributed by atoms with Gasteiger partial charge in [-0.3, -0.25) is 10.1 Å². The number of allylic oxidation sites excluding steroid dienone is 1. The van der Waals surface area contributed by atoms with E-state index in [2.05, 4.69) is 5.10 Å². The molecule has 0 aliphatic carbocycles. The predicted molar refractivity (Wildman–Crippen MR) is 106 cm³/mol. The number of hydrogen-bond acceptors (Lipinski definition) is 6. The van der Waals surface area contributed by atoms with Crippen molar-refractivity contribution in [3.8, 4) is 17.6 Å². The van der Waals surface area contributed by atoms with Crippen molar-refractivity contribution in [2.24, 2.45) is 5.73 Å². The Morgan fingerprint density at radius 2 is 1.97 bits per heavy atom. The number of rotatable bonds is 3. The Morgan fingerprint density at radius 3 is 2.62 bits per heavy atom. The van der Waals surface area contributed by atoms with Crippen LogP contribution in [-0.2, 0) is 0 Å². The van der Waals surface area contributed by atoms with Gasteiger partial charge in [-0.05, 0) is 25.1 Å². The average Bonchev–Trinajstić information content (AvgIpc) is 3.03. The molecule has 2 heterocycles. The highest BCUT2D eigenvalue weighted by molar-refractivity contribution is 6.31. The minimum atomic E-state index is -0.879. The molecule has 4 rings (SSSR count). The van der Waals surface area contributed by atoms with Gasteiger partial charge in [-0.15, -0.1) is 0 Å². The lowest BCUT2D eigenvalue weighted by molar-refractivity contribution is -0.385. The normalized spacial score (nSPS) is 15.4. The summed E-state index contributed by atoms with van der Waals surface area (Å²) in [6, 6.07) is 15.6. The quantitative estimate of drug-likeness (QED) is 0.518. The van der Waals surface area contributed by atoms with Crippen LogP contribution in [0, 0.1) is 28.4 Å².